The minimum atomic E-state index is -2.06. The topological polar surface area (TPSA) is 73.9 Å². The minimum Gasteiger partial charge on any atom is -0.497 e. The number of amides is 1. The minimum absolute atomic E-state index is 0.196. The predicted molar refractivity (Wildman–Crippen MR) is 78.0 cm³/mol. The highest BCUT2D eigenvalue weighted by molar-refractivity contribution is 6.68. The number of carbonyl (C=O) groups is 2. The number of hydrogen-bond acceptors (Lipinski definition) is 5. The lowest BCUT2D eigenvalue weighted by Gasteiger charge is -2.24. The molecule has 0 saturated heterocycles. The first-order valence-electron chi connectivity index (χ1n) is 5.54. The highest BCUT2D eigenvalue weighted by atomic mass is 35.6. The van der Waals surface area contributed by atoms with Gasteiger partial charge in [0.2, 0.25) is 10.0 Å². The van der Waals surface area contributed by atoms with E-state index < -0.39 is 22.1 Å². The van der Waals surface area contributed by atoms with Crippen molar-refractivity contribution in [1.82, 2.24) is 5.32 Å². The fourth-order valence-corrected chi connectivity index (χ4v) is 1.54. The number of nitrogens with one attached hydrogen (secondary N) is 1. The molecular formula is C12H12Cl3NO5. The van der Waals surface area contributed by atoms with Gasteiger partial charge in [0.25, 0.3) is 0 Å². The van der Waals surface area contributed by atoms with Crippen molar-refractivity contribution >= 4 is 46.9 Å². The van der Waals surface area contributed by atoms with Crippen LogP contribution in [0.4, 0.5) is 4.79 Å². The van der Waals surface area contributed by atoms with E-state index >= 15 is 0 Å². The molecule has 1 rings (SSSR count). The van der Waals surface area contributed by atoms with Gasteiger partial charge in [0.15, 0.2) is 0 Å². The molecule has 0 saturated carbocycles. The highest BCUT2D eigenvalue weighted by Gasteiger charge is 2.38. The lowest BCUT2D eigenvalue weighted by atomic mass is 10.2. The molecule has 21 heavy (non-hydrogen) atoms. The molecule has 1 atom stereocenters. The number of hydrogen-bond donors (Lipinski definition) is 1. The van der Waals surface area contributed by atoms with Crippen molar-refractivity contribution in [3.05, 3.63) is 29.8 Å². The second-order valence-corrected chi connectivity index (χ2v) is 6.06. The van der Waals surface area contributed by atoms with E-state index in [4.69, 9.17) is 44.3 Å². The third kappa shape index (κ3) is 5.49. The summed E-state index contributed by atoms with van der Waals surface area (Å²) in [5.41, 5.74) is 0.196. The normalized spacial score (nSPS) is 12.2. The van der Waals surface area contributed by atoms with Gasteiger partial charge < -0.3 is 14.2 Å². The van der Waals surface area contributed by atoms with Crippen LogP contribution in [-0.4, -0.2) is 36.3 Å². The molecule has 1 aromatic carbocycles. The molecule has 6 nitrogen and oxygen atoms in total. The Morgan fingerprint density at radius 3 is 2.14 bits per heavy atom. The van der Waals surface area contributed by atoms with Crippen molar-refractivity contribution in [2.45, 2.75) is 10.0 Å². The first-order chi connectivity index (χ1) is 9.77. The summed E-state index contributed by atoms with van der Waals surface area (Å²) >= 11 is 16.9. The molecule has 0 aliphatic rings. The van der Waals surface area contributed by atoms with E-state index in [0.717, 1.165) is 7.11 Å². The molecule has 1 N–H and O–H groups in total. The van der Waals surface area contributed by atoms with Crippen molar-refractivity contribution in [3.63, 3.8) is 0 Å². The van der Waals surface area contributed by atoms with E-state index in [1.807, 2.05) is 0 Å². The fraction of sp³-hybridized carbons (Fsp3) is 0.333. The number of ether oxygens (including phenoxy) is 3. The lowest BCUT2D eigenvalue weighted by Crippen LogP contribution is -2.46. The number of benzene rings is 1. The van der Waals surface area contributed by atoms with Crippen molar-refractivity contribution in [3.8, 4) is 5.75 Å². The van der Waals surface area contributed by atoms with Crippen LogP contribution in [0.3, 0.4) is 0 Å². The summed E-state index contributed by atoms with van der Waals surface area (Å²) in [5.74, 6) is -0.220. The first-order valence-corrected chi connectivity index (χ1v) is 6.67. The molecule has 0 heterocycles. The van der Waals surface area contributed by atoms with Crippen molar-refractivity contribution < 1.29 is 23.8 Å². The number of esters is 1. The third-order valence-corrected chi connectivity index (χ3v) is 2.88. The molecule has 116 valence electrons. The molecule has 0 fully saturated rings. The Hall–Kier alpha value is -1.37. The Morgan fingerprint density at radius 1 is 1.14 bits per heavy atom. The maximum atomic E-state index is 11.9. The fourth-order valence-electron chi connectivity index (χ4n) is 1.25. The van der Waals surface area contributed by atoms with E-state index in [9.17, 15) is 9.59 Å². The molecular weight excluding hydrogens is 344 g/mol. The van der Waals surface area contributed by atoms with Crippen LogP contribution in [0.15, 0.2) is 24.3 Å². The molecule has 1 amide bonds. The van der Waals surface area contributed by atoms with Crippen molar-refractivity contribution in [2.24, 2.45) is 0 Å². The van der Waals surface area contributed by atoms with Crippen molar-refractivity contribution in [2.75, 3.05) is 14.2 Å². The zero-order chi connectivity index (χ0) is 16.0. The van der Waals surface area contributed by atoms with Gasteiger partial charge in [-0.05, 0) is 24.3 Å². The molecule has 0 aliphatic carbocycles. The summed E-state index contributed by atoms with van der Waals surface area (Å²) in [6.45, 7) is 0. The van der Waals surface area contributed by atoms with E-state index in [1.165, 1.54) is 19.2 Å². The Morgan fingerprint density at radius 2 is 1.71 bits per heavy atom. The number of methoxy groups -OCH3 is 2. The second kappa shape index (κ2) is 7.59. The van der Waals surface area contributed by atoms with Gasteiger partial charge in [0, 0.05) is 0 Å². The summed E-state index contributed by atoms with van der Waals surface area (Å²) in [6.07, 6.45) is -2.42. The monoisotopic (exact) mass is 355 g/mol. The number of alkyl carbamates (subject to hydrolysis) is 1. The first kappa shape index (κ1) is 17.7. The summed E-state index contributed by atoms with van der Waals surface area (Å²) in [4.78, 5) is 23.1. The summed E-state index contributed by atoms with van der Waals surface area (Å²) in [5, 5.41) is 2.11. The van der Waals surface area contributed by atoms with Crippen LogP contribution in [0.5, 0.6) is 5.75 Å². The Bertz CT molecular complexity index is 501. The highest BCUT2D eigenvalue weighted by Crippen LogP contribution is 2.31. The van der Waals surface area contributed by atoms with Gasteiger partial charge in [-0.25, -0.2) is 9.59 Å². The van der Waals surface area contributed by atoms with Gasteiger partial charge in [-0.3, -0.25) is 5.32 Å². The smallest absolute Gasteiger partial charge is 0.409 e. The predicted octanol–water partition coefficient (Wildman–Crippen LogP) is 2.90. The van der Waals surface area contributed by atoms with E-state index in [2.05, 4.69) is 10.1 Å². The van der Waals surface area contributed by atoms with Crippen LogP contribution < -0.4 is 10.1 Å². The SMILES string of the molecule is COC(=O)N[C@@H](OC(=O)c1ccc(OC)cc1)C(Cl)(Cl)Cl. The zero-order valence-corrected chi connectivity index (χ0v) is 13.3. The molecule has 0 radical (unpaired) electrons. The van der Waals surface area contributed by atoms with Crippen LogP contribution in [-0.2, 0) is 9.47 Å². The van der Waals surface area contributed by atoms with Crippen LogP contribution >= 0.6 is 34.8 Å². The standard InChI is InChI=1S/C12H12Cl3NO5/c1-19-8-5-3-7(4-6-8)9(17)21-10(12(13,14)15)16-11(18)20-2/h3-6,10H,1-2H3,(H,16,18)/t10-/m0/s1. The molecule has 0 unspecified atom stereocenters. The number of halogens is 3. The van der Waals surface area contributed by atoms with Crippen LogP contribution in [0.1, 0.15) is 10.4 Å². The van der Waals surface area contributed by atoms with E-state index in [1.54, 1.807) is 12.1 Å². The Labute approximate surface area is 136 Å². The van der Waals surface area contributed by atoms with Gasteiger partial charge in [-0.1, -0.05) is 34.8 Å². The van der Waals surface area contributed by atoms with Gasteiger partial charge in [0.05, 0.1) is 19.8 Å². The van der Waals surface area contributed by atoms with Gasteiger partial charge >= 0.3 is 12.1 Å². The van der Waals surface area contributed by atoms with Crippen LogP contribution in [0.2, 0.25) is 0 Å². The molecule has 0 bridgehead atoms. The van der Waals surface area contributed by atoms with E-state index in [0.29, 0.717) is 5.75 Å². The largest absolute Gasteiger partial charge is 0.497 e. The number of carbonyl (C=O) groups excluding carboxylic acids is 2. The molecule has 0 aromatic heterocycles. The zero-order valence-electron chi connectivity index (χ0n) is 11.1. The molecule has 1 aromatic rings. The van der Waals surface area contributed by atoms with Crippen LogP contribution in [0, 0.1) is 0 Å². The lowest BCUT2D eigenvalue weighted by molar-refractivity contribution is 0.0227. The quantitative estimate of drug-likeness (QED) is 0.510. The average molecular weight is 357 g/mol. The summed E-state index contributed by atoms with van der Waals surface area (Å²) < 4.78 is 12.2. The number of alkyl halides is 3. The molecule has 0 spiro atoms. The summed E-state index contributed by atoms with van der Waals surface area (Å²) in [7, 11) is 2.61. The molecule has 9 heteroatoms. The van der Waals surface area contributed by atoms with Gasteiger partial charge in [-0.2, -0.15) is 0 Å². The maximum Gasteiger partial charge on any atom is 0.409 e. The Balaban J connectivity index is 2.81. The second-order valence-electron chi connectivity index (χ2n) is 3.69. The van der Waals surface area contributed by atoms with E-state index in [-0.39, 0.29) is 5.56 Å². The third-order valence-electron chi connectivity index (χ3n) is 2.28. The van der Waals surface area contributed by atoms with Crippen molar-refractivity contribution in [1.29, 1.82) is 0 Å². The summed E-state index contributed by atoms with van der Waals surface area (Å²) in [6, 6.07) is 6.06. The van der Waals surface area contributed by atoms with Gasteiger partial charge in [-0.15, -0.1) is 0 Å². The maximum absolute atomic E-state index is 11.9. The van der Waals surface area contributed by atoms with Crippen LogP contribution in [0.25, 0.3) is 0 Å². The van der Waals surface area contributed by atoms with Gasteiger partial charge in [0.1, 0.15) is 5.75 Å². The Kier molecular flexibility index (Phi) is 6.39. The average Bonchev–Trinajstić information content (AvgIpc) is 2.45. The number of rotatable bonds is 4. The molecule has 0 aliphatic heterocycles.